The molecule has 0 amide bonds. The SMILES string of the molecule is CNC(Cc1ccc2c(c1)CCC2)c1ccc(Cl)c(C)c1. The van der Waals surface area contributed by atoms with E-state index < -0.39 is 0 Å². The Morgan fingerprint density at radius 3 is 2.67 bits per heavy atom. The van der Waals surface area contributed by atoms with E-state index in [4.69, 9.17) is 11.6 Å². The van der Waals surface area contributed by atoms with E-state index >= 15 is 0 Å². The Hall–Kier alpha value is -1.31. The smallest absolute Gasteiger partial charge is 0.0435 e. The molecule has 1 aliphatic carbocycles. The molecule has 1 nitrogen and oxygen atoms in total. The van der Waals surface area contributed by atoms with Crippen LogP contribution in [0, 0.1) is 6.92 Å². The summed E-state index contributed by atoms with van der Waals surface area (Å²) in [4.78, 5) is 0. The molecule has 0 heterocycles. The van der Waals surface area contributed by atoms with Crippen LogP contribution in [0.25, 0.3) is 0 Å². The molecule has 0 bridgehead atoms. The van der Waals surface area contributed by atoms with Gasteiger partial charge in [-0.15, -0.1) is 0 Å². The first-order chi connectivity index (χ1) is 10.2. The maximum atomic E-state index is 6.13. The highest BCUT2D eigenvalue weighted by Crippen LogP contribution is 2.27. The maximum Gasteiger partial charge on any atom is 0.0435 e. The van der Waals surface area contributed by atoms with Crippen molar-refractivity contribution in [2.45, 2.75) is 38.6 Å². The van der Waals surface area contributed by atoms with Crippen molar-refractivity contribution in [3.8, 4) is 0 Å². The van der Waals surface area contributed by atoms with Crippen LogP contribution in [0.4, 0.5) is 0 Å². The third-order valence-corrected chi connectivity index (χ3v) is 4.96. The summed E-state index contributed by atoms with van der Waals surface area (Å²) in [5.41, 5.74) is 6.96. The van der Waals surface area contributed by atoms with Crippen molar-refractivity contribution in [2.24, 2.45) is 0 Å². The van der Waals surface area contributed by atoms with Gasteiger partial charge >= 0.3 is 0 Å². The normalized spacial score (nSPS) is 15.0. The number of rotatable bonds is 4. The number of nitrogens with one attached hydrogen (secondary N) is 1. The summed E-state index contributed by atoms with van der Waals surface area (Å²) in [5.74, 6) is 0. The summed E-state index contributed by atoms with van der Waals surface area (Å²) in [6, 6.07) is 13.7. The zero-order valence-electron chi connectivity index (χ0n) is 12.7. The lowest BCUT2D eigenvalue weighted by Gasteiger charge is -2.18. The summed E-state index contributed by atoms with van der Waals surface area (Å²) < 4.78 is 0. The average Bonchev–Trinajstić information content (AvgIpc) is 2.95. The summed E-state index contributed by atoms with van der Waals surface area (Å²) in [5, 5.41) is 4.28. The lowest BCUT2D eigenvalue weighted by molar-refractivity contribution is 0.591. The van der Waals surface area contributed by atoms with Crippen molar-refractivity contribution in [2.75, 3.05) is 7.05 Å². The minimum atomic E-state index is 0.334. The predicted molar refractivity (Wildman–Crippen MR) is 90.2 cm³/mol. The van der Waals surface area contributed by atoms with Gasteiger partial charge in [-0.3, -0.25) is 0 Å². The molecule has 0 spiro atoms. The molecular formula is C19H22ClN. The Morgan fingerprint density at radius 2 is 1.90 bits per heavy atom. The Labute approximate surface area is 132 Å². The maximum absolute atomic E-state index is 6.13. The Morgan fingerprint density at radius 1 is 1.10 bits per heavy atom. The van der Waals surface area contributed by atoms with E-state index in [-0.39, 0.29) is 0 Å². The van der Waals surface area contributed by atoms with Crippen LogP contribution in [0.5, 0.6) is 0 Å². The van der Waals surface area contributed by atoms with Gasteiger partial charge < -0.3 is 5.32 Å². The molecule has 0 fully saturated rings. The minimum absolute atomic E-state index is 0.334. The van der Waals surface area contributed by atoms with Crippen molar-refractivity contribution in [1.29, 1.82) is 0 Å². The molecule has 2 aromatic rings. The van der Waals surface area contributed by atoms with Gasteiger partial charge in [0.05, 0.1) is 0 Å². The Bertz CT molecular complexity index is 648. The molecule has 0 aromatic heterocycles. The zero-order valence-corrected chi connectivity index (χ0v) is 13.5. The minimum Gasteiger partial charge on any atom is -0.313 e. The second-order valence-electron chi connectivity index (χ2n) is 6.01. The lowest BCUT2D eigenvalue weighted by Crippen LogP contribution is -2.19. The number of fused-ring (bicyclic) bond motifs is 1. The van der Waals surface area contributed by atoms with E-state index in [1.807, 2.05) is 13.1 Å². The molecule has 3 rings (SSSR count). The van der Waals surface area contributed by atoms with Gasteiger partial charge in [-0.2, -0.15) is 0 Å². The van der Waals surface area contributed by atoms with Gasteiger partial charge in [0.25, 0.3) is 0 Å². The number of benzene rings is 2. The van der Waals surface area contributed by atoms with Crippen LogP contribution in [0.3, 0.4) is 0 Å². The largest absolute Gasteiger partial charge is 0.313 e. The quantitative estimate of drug-likeness (QED) is 0.867. The molecule has 0 aliphatic heterocycles. The highest BCUT2D eigenvalue weighted by Gasteiger charge is 2.14. The van der Waals surface area contributed by atoms with E-state index in [2.05, 4.69) is 42.6 Å². The monoisotopic (exact) mass is 299 g/mol. The van der Waals surface area contributed by atoms with E-state index in [0.29, 0.717) is 6.04 Å². The number of likely N-dealkylation sites (N-methyl/N-ethyl adjacent to an activating group) is 1. The number of hydrogen-bond donors (Lipinski definition) is 1. The third-order valence-electron chi connectivity index (χ3n) is 4.54. The van der Waals surface area contributed by atoms with Crippen molar-refractivity contribution in [3.63, 3.8) is 0 Å². The first-order valence-corrected chi connectivity index (χ1v) is 8.09. The fraction of sp³-hybridized carbons (Fsp3) is 0.368. The molecule has 2 heteroatoms. The summed E-state index contributed by atoms with van der Waals surface area (Å²) in [6.07, 6.45) is 4.82. The lowest BCUT2D eigenvalue weighted by atomic mass is 9.96. The average molecular weight is 300 g/mol. The molecule has 110 valence electrons. The van der Waals surface area contributed by atoms with Gasteiger partial charge in [0.1, 0.15) is 0 Å². The van der Waals surface area contributed by atoms with Crippen molar-refractivity contribution < 1.29 is 0 Å². The van der Waals surface area contributed by atoms with Gasteiger partial charge in [-0.25, -0.2) is 0 Å². The van der Waals surface area contributed by atoms with Gasteiger partial charge in [0, 0.05) is 11.1 Å². The topological polar surface area (TPSA) is 12.0 Å². The van der Waals surface area contributed by atoms with Gasteiger partial charge in [-0.1, -0.05) is 41.9 Å². The summed E-state index contributed by atoms with van der Waals surface area (Å²) in [6.45, 7) is 2.06. The van der Waals surface area contributed by atoms with Crippen LogP contribution >= 0.6 is 11.6 Å². The molecule has 0 radical (unpaired) electrons. The predicted octanol–water partition coefficient (Wildman–Crippen LogP) is 4.64. The molecule has 1 unspecified atom stereocenters. The Kier molecular flexibility index (Phi) is 4.32. The molecular weight excluding hydrogens is 278 g/mol. The second kappa shape index (κ2) is 6.21. The van der Waals surface area contributed by atoms with Crippen LogP contribution < -0.4 is 5.32 Å². The number of halogens is 1. The van der Waals surface area contributed by atoms with Crippen LogP contribution in [0.15, 0.2) is 36.4 Å². The van der Waals surface area contributed by atoms with Crippen molar-refractivity contribution in [3.05, 3.63) is 69.2 Å². The van der Waals surface area contributed by atoms with E-state index in [9.17, 15) is 0 Å². The van der Waals surface area contributed by atoms with E-state index in [0.717, 1.165) is 17.0 Å². The van der Waals surface area contributed by atoms with Crippen LogP contribution in [0.2, 0.25) is 5.02 Å². The van der Waals surface area contributed by atoms with Gasteiger partial charge in [-0.05, 0) is 73.5 Å². The van der Waals surface area contributed by atoms with Crippen LogP contribution in [-0.4, -0.2) is 7.05 Å². The van der Waals surface area contributed by atoms with Gasteiger partial charge in [0.2, 0.25) is 0 Å². The van der Waals surface area contributed by atoms with E-state index in [1.165, 1.54) is 30.4 Å². The van der Waals surface area contributed by atoms with Gasteiger partial charge in [0.15, 0.2) is 0 Å². The van der Waals surface area contributed by atoms with Crippen molar-refractivity contribution in [1.82, 2.24) is 5.32 Å². The first-order valence-electron chi connectivity index (χ1n) is 7.71. The molecule has 0 saturated heterocycles. The number of aryl methyl sites for hydroxylation is 3. The molecule has 0 saturated carbocycles. The molecule has 1 atom stereocenters. The first kappa shape index (κ1) is 14.6. The van der Waals surface area contributed by atoms with Crippen molar-refractivity contribution >= 4 is 11.6 Å². The highest BCUT2D eigenvalue weighted by atomic mass is 35.5. The van der Waals surface area contributed by atoms with Crippen LogP contribution in [-0.2, 0) is 19.3 Å². The fourth-order valence-corrected chi connectivity index (χ4v) is 3.38. The molecule has 1 aliphatic rings. The Balaban J connectivity index is 1.82. The van der Waals surface area contributed by atoms with Crippen LogP contribution in [0.1, 0.15) is 40.3 Å². The summed E-state index contributed by atoms with van der Waals surface area (Å²) >= 11 is 6.13. The standard InChI is InChI=1S/C19H22ClN/c1-13-10-17(8-9-18(13)20)19(21-2)12-14-6-7-15-4-3-5-16(15)11-14/h6-11,19,21H,3-5,12H2,1-2H3. The fourth-order valence-electron chi connectivity index (χ4n) is 3.26. The molecule has 2 aromatic carbocycles. The second-order valence-corrected chi connectivity index (χ2v) is 6.42. The summed E-state index contributed by atoms with van der Waals surface area (Å²) in [7, 11) is 2.03. The molecule has 21 heavy (non-hydrogen) atoms. The number of hydrogen-bond acceptors (Lipinski definition) is 1. The molecule has 1 N–H and O–H groups in total. The zero-order chi connectivity index (χ0) is 14.8. The van der Waals surface area contributed by atoms with E-state index in [1.54, 1.807) is 11.1 Å². The third kappa shape index (κ3) is 3.14. The highest BCUT2D eigenvalue weighted by molar-refractivity contribution is 6.31.